The predicted octanol–water partition coefficient (Wildman–Crippen LogP) is 5.44. The van der Waals surface area contributed by atoms with Gasteiger partial charge in [0, 0.05) is 10.6 Å². The molecule has 0 unspecified atom stereocenters. The molecule has 0 saturated carbocycles. The van der Waals surface area contributed by atoms with Crippen LogP contribution in [0.3, 0.4) is 0 Å². The number of benzene rings is 2. The third-order valence-electron chi connectivity index (χ3n) is 6.06. The third-order valence-corrected chi connectivity index (χ3v) is 7.76. The molecule has 5 aromatic rings. The summed E-state index contributed by atoms with van der Waals surface area (Å²) in [4.78, 5) is 22.1. The van der Waals surface area contributed by atoms with Crippen molar-refractivity contribution < 1.29 is 17.6 Å². The number of furan rings is 1. The Labute approximate surface area is 219 Å². The van der Waals surface area contributed by atoms with E-state index in [2.05, 4.69) is 14.7 Å². The number of amides is 1. The summed E-state index contributed by atoms with van der Waals surface area (Å²) in [7, 11) is -4.06. The molecular weight excluding hydrogens is 512 g/mol. The minimum Gasteiger partial charge on any atom is -0.464 e. The number of sulfonamides is 1. The summed E-state index contributed by atoms with van der Waals surface area (Å²) in [5, 5.41) is 0.546. The molecule has 3 heterocycles. The summed E-state index contributed by atoms with van der Waals surface area (Å²) < 4.78 is 34.9. The summed E-state index contributed by atoms with van der Waals surface area (Å²) in [5.74, 6) is 0.574. The SMILES string of the molecule is Cc1ccc(S(=O)(=O)NC(=O)c2cc(C)c3nc(C)n(Cc4ccc(-c5ccco5)cc4Cl)c3n2)cc1. The van der Waals surface area contributed by atoms with Gasteiger partial charge in [0.2, 0.25) is 0 Å². The molecule has 0 aliphatic carbocycles. The Morgan fingerprint density at radius 1 is 1.03 bits per heavy atom. The normalized spacial score (nSPS) is 11.7. The monoisotopic (exact) mass is 534 g/mol. The maximum absolute atomic E-state index is 13.0. The first kappa shape index (κ1) is 24.7. The number of aromatic nitrogens is 3. The second-order valence-corrected chi connectivity index (χ2v) is 10.9. The van der Waals surface area contributed by atoms with Crippen molar-refractivity contribution >= 4 is 38.7 Å². The fraction of sp³-hybridized carbons (Fsp3) is 0.148. The molecule has 0 fully saturated rings. The van der Waals surface area contributed by atoms with Gasteiger partial charge < -0.3 is 8.98 Å². The van der Waals surface area contributed by atoms with Gasteiger partial charge in [-0.15, -0.1) is 0 Å². The molecular formula is C27H23ClN4O4S. The second kappa shape index (κ2) is 9.49. The summed E-state index contributed by atoms with van der Waals surface area (Å²) in [6, 6.07) is 17.1. The first-order valence-electron chi connectivity index (χ1n) is 11.4. The Bertz CT molecular complexity index is 1740. The molecule has 5 rings (SSSR count). The number of carbonyl (C=O) groups excluding carboxylic acids is 1. The first-order chi connectivity index (χ1) is 17.6. The Morgan fingerprint density at radius 2 is 1.78 bits per heavy atom. The lowest BCUT2D eigenvalue weighted by Crippen LogP contribution is -2.31. The number of carbonyl (C=O) groups is 1. The molecule has 0 radical (unpaired) electrons. The fourth-order valence-electron chi connectivity index (χ4n) is 4.05. The zero-order valence-electron chi connectivity index (χ0n) is 20.3. The van der Waals surface area contributed by atoms with E-state index in [1.54, 1.807) is 25.3 Å². The lowest BCUT2D eigenvalue weighted by molar-refractivity contribution is 0.0976. The number of halogens is 1. The summed E-state index contributed by atoms with van der Waals surface area (Å²) in [5.41, 5.74) is 4.35. The smallest absolute Gasteiger partial charge is 0.283 e. The number of nitrogens with one attached hydrogen (secondary N) is 1. The van der Waals surface area contributed by atoms with Gasteiger partial charge >= 0.3 is 0 Å². The highest BCUT2D eigenvalue weighted by Gasteiger charge is 2.22. The zero-order valence-corrected chi connectivity index (χ0v) is 21.9. The van der Waals surface area contributed by atoms with E-state index in [1.807, 2.05) is 48.7 Å². The van der Waals surface area contributed by atoms with Gasteiger partial charge in [-0.1, -0.05) is 41.4 Å². The van der Waals surface area contributed by atoms with E-state index in [1.165, 1.54) is 18.2 Å². The van der Waals surface area contributed by atoms with Gasteiger partial charge in [0.25, 0.3) is 15.9 Å². The van der Waals surface area contributed by atoms with Crippen molar-refractivity contribution in [1.82, 2.24) is 19.3 Å². The number of imidazole rings is 1. The van der Waals surface area contributed by atoms with Gasteiger partial charge in [0.1, 0.15) is 22.8 Å². The molecule has 188 valence electrons. The van der Waals surface area contributed by atoms with Gasteiger partial charge in [0.05, 0.1) is 17.7 Å². The van der Waals surface area contributed by atoms with Crippen LogP contribution in [0.5, 0.6) is 0 Å². The van der Waals surface area contributed by atoms with Crippen LogP contribution < -0.4 is 4.72 Å². The van der Waals surface area contributed by atoms with Crippen LogP contribution in [0.4, 0.5) is 0 Å². The van der Waals surface area contributed by atoms with Crippen molar-refractivity contribution in [3.8, 4) is 11.3 Å². The molecule has 0 saturated heterocycles. The van der Waals surface area contributed by atoms with Crippen LogP contribution in [0.2, 0.25) is 5.02 Å². The van der Waals surface area contributed by atoms with Gasteiger partial charge in [-0.3, -0.25) is 4.79 Å². The molecule has 2 aromatic carbocycles. The largest absolute Gasteiger partial charge is 0.464 e. The highest BCUT2D eigenvalue weighted by Crippen LogP contribution is 2.28. The molecule has 3 aromatic heterocycles. The van der Waals surface area contributed by atoms with E-state index in [-0.39, 0.29) is 10.6 Å². The Hall–Kier alpha value is -3.95. The van der Waals surface area contributed by atoms with E-state index in [4.69, 9.17) is 16.0 Å². The van der Waals surface area contributed by atoms with Crippen LogP contribution in [0.15, 0.2) is 76.2 Å². The van der Waals surface area contributed by atoms with Crippen molar-refractivity contribution in [2.75, 3.05) is 0 Å². The number of hydrogen-bond donors (Lipinski definition) is 1. The summed E-state index contributed by atoms with van der Waals surface area (Å²) in [6.45, 7) is 5.85. The maximum Gasteiger partial charge on any atom is 0.283 e. The predicted molar refractivity (Wildman–Crippen MR) is 141 cm³/mol. The van der Waals surface area contributed by atoms with Gasteiger partial charge in [-0.2, -0.15) is 0 Å². The van der Waals surface area contributed by atoms with Crippen molar-refractivity contribution in [1.29, 1.82) is 0 Å². The lowest BCUT2D eigenvalue weighted by Gasteiger charge is -2.11. The van der Waals surface area contributed by atoms with Crippen LogP contribution in [-0.2, 0) is 16.6 Å². The van der Waals surface area contributed by atoms with Crippen LogP contribution in [0, 0.1) is 20.8 Å². The van der Waals surface area contributed by atoms with E-state index in [9.17, 15) is 13.2 Å². The van der Waals surface area contributed by atoms with Crippen molar-refractivity contribution in [2.45, 2.75) is 32.2 Å². The van der Waals surface area contributed by atoms with Gasteiger partial charge in [-0.25, -0.2) is 23.1 Å². The third kappa shape index (κ3) is 4.87. The molecule has 0 aliphatic heterocycles. The molecule has 8 nitrogen and oxygen atoms in total. The van der Waals surface area contributed by atoms with E-state index in [0.717, 1.165) is 16.7 Å². The van der Waals surface area contributed by atoms with Gasteiger partial charge in [0.15, 0.2) is 5.65 Å². The number of hydrogen-bond acceptors (Lipinski definition) is 6. The Kier molecular flexibility index (Phi) is 6.35. The average Bonchev–Trinajstić information content (AvgIpc) is 3.49. The van der Waals surface area contributed by atoms with Crippen LogP contribution in [0.25, 0.3) is 22.5 Å². The number of rotatable bonds is 6. The summed E-state index contributed by atoms with van der Waals surface area (Å²) >= 11 is 6.59. The molecule has 0 spiro atoms. The average molecular weight is 535 g/mol. The number of pyridine rings is 1. The lowest BCUT2D eigenvalue weighted by atomic mass is 10.1. The molecule has 1 N–H and O–H groups in total. The first-order valence-corrected chi connectivity index (χ1v) is 13.3. The van der Waals surface area contributed by atoms with Gasteiger partial charge in [-0.05, 0) is 68.3 Å². The van der Waals surface area contributed by atoms with Crippen molar-refractivity contribution in [3.63, 3.8) is 0 Å². The Balaban J connectivity index is 1.47. The number of nitrogens with zero attached hydrogens (tertiary/aromatic N) is 3. The Morgan fingerprint density at radius 3 is 2.46 bits per heavy atom. The second-order valence-electron chi connectivity index (χ2n) is 8.77. The summed E-state index contributed by atoms with van der Waals surface area (Å²) in [6.07, 6.45) is 1.60. The van der Waals surface area contributed by atoms with Crippen molar-refractivity contribution in [3.05, 3.63) is 100 Å². The topological polar surface area (TPSA) is 107 Å². The van der Waals surface area contributed by atoms with Crippen LogP contribution in [-0.4, -0.2) is 28.9 Å². The molecule has 0 aliphatic rings. The van der Waals surface area contributed by atoms with E-state index in [0.29, 0.717) is 39.9 Å². The molecule has 0 bridgehead atoms. The minimum absolute atomic E-state index is 0.00206. The quantitative estimate of drug-likeness (QED) is 0.311. The molecule has 37 heavy (non-hydrogen) atoms. The molecule has 0 atom stereocenters. The minimum atomic E-state index is -4.06. The van der Waals surface area contributed by atoms with Crippen LogP contribution in [0.1, 0.15) is 33.0 Å². The molecule has 1 amide bonds. The number of fused-ring (bicyclic) bond motifs is 1. The highest BCUT2D eigenvalue weighted by molar-refractivity contribution is 7.90. The molecule has 10 heteroatoms. The highest BCUT2D eigenvalue weighted by atomic mass is 35.5. The van der Waals surface area contributed by atoms with Crippen molar-refractivity contribution in [2.24, 2.45) is 0 Å². The fourth-order valence-corrected chi connectivity index (χ4v) is 5.25. The standard InChI is InChI=1S/C27H23ClN4O4S/c1-16-6-10-21(11-7-16)37(34,35)31-27(33)23-13-17(2)25-26(30-23)32(18(3)29-25)15-20-9-8-19(14-22(20)28)24-5-4-12-36-24/h4-14H,15H2,1-3H3,(H,31,33). The number of aryl methyl sites for hydroxylation is 3. The van der Waals surface area contributed by atoms with Crippen LogP contribution >= 0.6 is 11.6 Å². The van der Waals surface area contributed by atoms with E-state index < -0.39 is 15.9 Å². The zero-order chi connectivity index (χ0) is 26.3. The maximum atomic E-state index is 13.0. The van der Waals surface area contributed by atoms with E-state index >= 15 is 0 Å².